The number of unbranched alkanes of at least 4 members (excludes halogenated alkanes) is 2. The molecule has 25 heavy (non-hydrogen) atoms. The summed E-state index contributed by atoms with van der Waals surface area (Å²) < 4.78 is 0. The van der Waals surface area contributed by atoms with Crippen molar-refractivity contribution >= 4 is 30.8 Å². The van der Waals surface area contributed by atoms with Gasteiger partial charge in [-0.2, -0.15) is 0 Å². The molecule has 1 aromatic rings. The van der Waals surface area contributed by atoms with Gasteiger partial charge in [-0.3, -0.25) is 0 Å². The number of carboxylic acid groups (broad SMARTS) is 1. The van der Waals surface area contributed by atoms with Crippen LogP contribution in [0.2, 0.25) is 0 Å². The van der Waals surface area contributed by atoms with Gasteiger partial charge in [0, 0.05) is 6.54 Å². The number of hydrogen-bond donors (Lipinski definition) is 2. The SMILES string of the molecule is CCCCN(CCCC)CCCNCc1ccccc1C(=O)O.Cl.Cl. The van der Waals surface area contributed by atoms with Crippen LogP contribution in [0.1, 0.15) is 61.9 Å². The summed E-state index contributed by atoms with van der Waals surface area (Å²) in [5.41, 5.74) is 1.25. The van der Waals surface area contributed by atoms with Crippen molar-refractivity contribution in [2.45, 2.75) is 52.5 Å². The molecule has 6 heteroatoms. The minimum Gasteiger partial charge on any atom is -0.478 e. The first-order valence-corrected chi connectivity index (χ1v) is 8.93. The van der Waals surface area contributed by atoms with E-state index in [1.54, 1.807) is 12.1 Å². The first-order valence-electron chi connectivity index (χ1n) is 8.93. The van der Waals surface area contributed by atoms with Gasteiger partial charge in [0.15, 0.2) is 0 Å². The molecule has 1 rings (SSSR count). The molecular formula is C19H34Cl2N2O2. The summed E-state index contributed by atoms with van der Waals surface area (Å²) in [5, 5.41) is 12.5. The van der Waals surface area contributed by atoms with Gasteiger partial charge in [-0.15, -0.1) is 24.8 Å². The zero-order chi connectivity index (χ0) is 16.9. The molecule has 0 amide bonds. The second kappa shape index (κ2) is 16.6. The van der Waals surface area contributed by atoms with E-state index in [9.17, 15) is 9.90 Å². The van der Waals surface area contributed by atoms with E-state index in [-0.39, 0.29) is 24.8 Å². The number of nitrogens with zero attached hydrogens (tertiary/aromatic N) is 1. The van der Waals surface area contributed by atoms with Crippen LogP contribution in [-0.2, 0) is 6.54 Å². The van der Waals surface area contributed by atoms with Gasteiger partial charge in [-0.25, -0.2) is 4.79 Å². The molecular weight excluding hydrogens is 359 g/mol. The number of carboxylic acids is 1. The maximum absolute atomic E-state index is 11.2. The van der Waals surface area contributed by atoms with Crippen molar-refractivity contribution < 1.29 is 9.90 Å². The van der Waals surface area contributed by atoms with Gasteiger partial charge >= 0.3 is 5.97 Å². The summed E-state index contributed by atoms with van der Waals surface area (Å²) in [7, 11) is 0. The number of aromatic carboxylic acids is 1. The minimum atomic E-state index is -0.854. The van der Waals surface area contributed by atoms with Crippen molar-refractivity contribution in [1.29, 1.82) is 0 Å². The van der Waals surface area contributed by atoms with Crippen LogP contribution >= 0.6 is 24.8 Å². The summed E-state index contributed by atoms with van der Waals surface area (Å²) in [6, 6.07) is 7.20. The smallest absolute Gasteiger partial charge is 0.336 e. The lowest BCUT2D eigenvalue weighted by molar-refractivity contribution is 0.0695. The molecule has 0 heterocycles. The van der Waals surface area contributed by atoms with Crippen LogP contribution in [0.15, 0.2) is 24.3 Å². The van der Waals surface area contributed by atoms with E-state index >= 15 is 0 Å². The van der Waals surface area contributed by atoms with Gasteiger partial charge in [-0.05, 0) is 57.1 Å². The third-order valence-corrected chi connectivity index (χ3v) is 4.05. The minimum absolute atomic E-state index is 0. The Morgan fingerprint density at radius 2 is 1.56 bits per heavy atom. The summed E-state index contributed by atoms with van der Waals surface area (Å²) in [4.78, 5) is 13.7. The Balaban J connectivity index is 0. The highest BCUT2D eigenvalue weighted by Gasteiger charge is 2.08. The summed E-state index contributed by atoms with van der Waals surface area (Å²) >= 11 is 0. The first-order chi connectivity index (χ1) is 11.2. The molecule has 2 N–H and O–H groups in total. The van der Waals surface area contributed by atoms with Crippen LogP contribution in [-0.4, -0.2) is 42.2 Å². The molecule has 146 valence electrons. The highest BCUT2D eigenvalue weighted by Crippen LogP contribution is 2.08. The molecule has 0 fully saturated rings. The predicted octanol–water partition coefficient (Wildman–Crippen LogP) is 4.61. The second-order valence-electron chi connectivity index (χ2n) is 6.04. The lowest BCUT2D eigenvalue weighted by Crippen LogP contribution is -2.29. The zero-order valence-corrected chi connectivity index (χ0v) is 17.1. The van der Waals surface area contributed by atoms with Crippen LogP contribution in [0.25, 0.3) is 0 Å². The van der Waals surface area contributed by atoms with Crippen molar-refractivity contribution in [3.8, 4) is 0 Å². The molecule has 0 aliphatic rings. The topological polar surface area (TPSA) is 52.6 Å². The molecule has 0 aliphatic heterocycles. The average Bonchev–Trinajstić information content (AvgIpc) is 2.56. The third kappa shape index (κ3) is 11.4. The molecule has 4 nitrogen and oxygen atoms in total. The summed E-state index contributed by atoms with van der Waals surface area (Å²) in [6.07, 6.45) is 6.12. The van der Waals surface area contributed by atoms with Crippen LogP contribution in [0.4, 0.5) is 0 Å². The lowest BCUT2D eigenvalue weighted by atomic mass is 10.1. The molecule has 0 spiro atoms. The number of rotatable bonds is 13. The van der Waals surface area contributed by atoms with Gasteiger partial charge in [-0.1, -0.05) is 44.9 Å². The fraction of sp³-hybridized carbons (Fsp3) is 0.632. The maximum Gasteiger partial charge on any atom is 0.336 e. The fourth-order valence-corrected chi connectivity index (χ4v) is 2.63. The van der Waals surface area contributed by atoms with E-state index < -0.39 is 5.97 Å². The van der Waals surface area contributed by atoms with Gasteiger partial charge < -0.3 is 15.3 Å². The van der Waals surface area contributed by atoms with E-state index in [0.29, 0.717) is 12.1 Å². The molecule has 0 unspecified atom stereocenters. The number of hydrogen-bond acceptors (Lipinski definition) is 3. The average molecular weight is 393 g/mol. The quantitative estimate of drug-likeness (QED) is 0.481. The Kier molecular flexibility index (Phi) is 17.6. The van der Waals surface area contributed by atoms with Crippen molar-refractivity contribution in [2.75, 3.05) is 26.2 Å². The first kappa shape index (κ1) is 26.4. The standard InChI is InChI=1S/C19H32N2O2.2ClH/c1-3-5-13-21(14-6-4-2)15-9-12-20-16-17-10-7-8-11-18(17)19(22)23;;/h7-8,10-11,20H,3-6,9,12-16H2,1-2H3,(H,22,23);2*1H. The highest BCUT2D eigenvalue weighted by molar-refractivity contribution is 5.89. The second-order valence-corrected chi connectivity index (χ2v) is 6.04. The van der Waals surface area contributed by atoms with Gasteiger partial charge in [0.2, 0.25) is 0 Å². The largest absolute Gasteiger partial charge is 0.478 e. The Morgan fingerprint density at radius 1 is 1.00 bits per heavy atom. The van der Waals surface area contributed by atoms with Crippen LogP contribution < -0.4 is 5.32 Å². The molecule has 0 radical (unpaired) electrons. The monoisotopic (exact) mass is 392 g/mol. The molecule has 0 saturated carbocycles. The van der Waals surface area contributed by atoms with Crippen molar-refractivity contribution in [3.63, 3.8) is 0 Å². The van der Waals surface area contributed by atoms with E-state index in [1.165, 1.54) is 38.8 Å². The Morgan fingerprint density at radius 3 is 2.12 bits per heavy atom. The molecule has 0 aliphatic carbocycles. The van der Waals surface area contributed by atoms with E-state index in [4.69, 9.17) is 0 Å². The lowest BCUT2D eigenvalue weighted by Gasteiger charge is -2.22. The number of nitrogens with one attached hydrogen (secondary N) is 1. The predicted molar refractivity (Wildman–Crippen MR) is 110 cm³/mol. The molecule has 0 saturated heterocycles. The number of benzene rings is 1. The zero-order valence-electron chi connectivity index (χ0n) is 15.5. The molecule has 1 aromatic carbocycles. The van der Waals surface area contributed by atoms with Crippen LogP contribution in [0.3, 0.4) is 0 Å². The number of halogens is 2. The molecule has 0 atom stereocenters. The van der Waals surface area contributed by atoms with Crippen molar-refractivity contribution in [1.82, 2.24) is 10.2 Å². The Hall–Kier alpha value is -0.810. The van der Waals surface area contributed by atoms with Crippen LogP contribution in [0, 0.1) is 0 Å². The van der Waals surface area contributed by atoms with Crippen molar-refractivity contribution in [3.05, 3.63) is 35.4 Å². The molecule has 0 bridgehead atoms. The number of carbonyl (C=O) groups is 1. The normalized spacial score (nSPS) is 10.2. The van der Waals surface area contributed by atoms with Gasteiger partial charge in [0.05, 0.1) is 5.56 Å². The Labute approximate surface area is 165 Å². The van der Waals surface area contributed by atoms with Gasteiger partial charge in [0.25, 0.3) is 0 Å². The Bertz CT molecular complexity index is 451. The molecule has 0 aromatic heterocycles. The van der Waals surface area contributed by atoms with Gasteiger partial charge in [0.1, 0.15) is 0 Å². The van der Waals surface area contributed by atoms with E-state index in [1.807, 2.05) is 12.1 Å². The summed E-state index contributed by atoms with van der Waals surface area (Å²) in [6.45, 7) is 9.51. The van der Waals surface area contributed by atoms with E-state index in [0.717, 1.165) is 25.1 Å². The van der Waals surface area contributed by atoms with Crippen LogP contribution in [0.5, 0.6) is 0 Å². The van der Waals surface area contributed by atoms with E-state index in [2.05, 4.69) is 24.1 Å². The van der Waals surface area contributed by atoms with Crippen molar-refractivity contribution in [2.24, 2.45) is 0 Å². The third-order valence-electron chi connectivity index (χ3n) is 4.05. The summed E-state index contributed by atoms with van der Waals surface area (Å²) in [5.74, 6) is -0.854. The maximum atomic E-state index is 11.2. The fourth-order valence-electron chi connectivity index (χ4n) is 2.63. The highest BCUT2D eigenvalue weighted by atomic mass is 35.5.